The Labute approximate surface area is 83.8 Å². The van der Waals surface area contributed by atoms with Gasteiger partial charge in [0.25, 0.3) is 0 Å². The topological polar surface area (TPSA) is 66.6 Å². The van der Waals surface area contributed by atoms with Gasteiger partial charge in [-0.3, -0.25) is 9.59 Å². The summed E-state index contributed by atoms with van der Waals surface area (Å²) >= 11 is 0. The zero-order valence-electron chi connectivity index (χ0n) is 8.69. The molecule has 1 atom stereocenters. The SMILES string of the molecule is CCC(N)C(=O)N1CCN(C)C(=O)C1. The highest BCUT2D eigenvalue weighted by molar-refractivity contribution is 5.88. The molecule has 1 aliphatic heterocycles. The van der Waals surface area contributed by atoms with Gasteiger partial charge < -0.3 is 15.5 Å². The molecule has 0 aromatic heterocycles. The normalized spacial score (nSPS) is 19.8. The van der Waals surface area contributed by atoms with Crippen LogP contribution in [0.5, 0.6) is 0 Å². The number of nitrogens with zero attached hydrogens (tertiary/aromatic N) is 2. The van der Waals surface area contributed by atoms with Gasteiger partial charge in [0.05, 0.1) is 12.6 Å². The molecule has 5 heteroatoms. The van der Waals surface area contributed by atoms with Crippen molar-refractivity contribution in [3.05, 3.63) is 0 Å². The van der Waals surface area contributed by atoms with Crippen LogP contribution in [0.2, 0.25) is 0 Å². The molecule has 0 aromatic carbocycles. The lowest BCUT2D eigenvalue weighted by Crippen LogP contribution is -2.54. The third-order valence-electron chi connectivity index (χ3n) is 2.53. The summed E-state index contributed by atoms with van der Waals surface area (Å²) in [6, 6.07) is -0.466. The fourth-order valence-corrected chi connectivity index (χ4v) is 1.36. The number of piperazine rings is 1. The van der Waals surface area contributed by atoms with E-state index in [1.54, 1.807) is 11.9 Å². The Hall–Kier alpha value is -1.10. The summed E-state index contributed by atoms with van der Waals surface area (Å²) in [5.74, 6) is -0.137. The predicted molar refractivity (Wildman–Crippen MR) is 52.5 cm³/mol. The average molecular weight is 199 g/mol. The fourth-order valence-electron chi connectivity index (χ4n) is 1.36. The van der Waals surface area contributed by atoms with Gasteiger partial charge in [-0.1, -0.05) is 6.92 Å². The molecule has 1 rings (SSSR count). The van der Waals surface area contributed by atoms with Crippen molar-refractivity contribution in [1.82, 2.24) is 9.80 Å². The molecule has 0 saturated carbocycles. The average Bonchev–Trinajstić information content (AvgIpc) is 2.20. The van der Waals surface area contributed by atoms with Crippen LogP contribution in [0.25, 0.3) is 0 Å². The van der Waals surface area contributed by atoms with Crippen molar-refractivity contribution in [1.29, 1.82) is 0 Å². The van der Waals surface area contributed by atoms with Gasteiger partial charge in [-0.2, -0.15) is 0 Å². The number of nitrogens with two attached hydrogens (primary N) is 1. The van der Waals surface area contributed by atoms with Gasteiger partial charge in [-0.25, -0.2) is 0 Å². The van der Waals surface area contributed by atoms with Crippen LogP contribution in [0.4, 0.5) is 0 Å². The molecule has 1 unspecified atom stereocenters. The molecule has 80 valence electrons. The Morgan fingerprint density at radius 1 is 1.57 bits per heavy atom. The zero-order valence-corrected chi connectivity index (χ0v) is 8.69. The minimum atomic E-state index is -0.466. The molecule has 1 heterocycles. The van der Waals surface area contributed by atoms with E-state index >= 15 is 0 Å². The van der Waals surface area contributed by atoms with Crippen LogP contribution in [0.15, 0.2) is 0 Å². The summed E-state index contributed by atoms with van der Waals surface area (Å²) in [5, 5.41) is 0. The minimum Gasteiger partial charge on any atom is -0.342 e. The van der Waals surface area contributed by atoms with E-state index in [2.05, 4.69) is 0 Å². The van der Waals surface area contributed by atoms with Crippen molar-refractivity contribution in [3.63, 3.8) is 0 Å². The monoisotopic (exact) mass is 199 g/mol. The fraction of sp³-hybridized carbons (Fsp3) is 0.778. The first-order valence-electron chi connectivity index (χ1n) is 4.84. The van der Waals surface area contributed by atoms with E-state index in [4.69, 9.17) is 5.73 Å². The smallest absolute Gasteiger partial charge is 0.241 e. The molecular weight excluding hydrogens is 182 g/mol. The quantitative estimate of drug-likeness (QED) is 0.622. The Morgan fingerprint density at radius 3 is 2.71 bits per heavy atom. The number of hydrogen-bond donors (Lipinski definition) is 1. The number of rotatable bonds is 2. The summed E-state index contributed by atoms with van der Waals surface area (Å²) in [7, 11) is 1.74. The number of hydrogen-bond acceptors (Lipinski definition) is 3. The molecule has 2 N–H and O–H groups in total. The Balaban J connectivity index is 2.54. The molecule has 1 saturated heterocycles. The van der Waals surface area contributed by atoms with Crippen LogP contribution < -0.4 is 5.73 Å². The highest BCUT2D eigenvalue weighted by atomic mass is 16.2. The highest BCUT2D eigenvalue weighted by Crippen LogP contribution is 2.03. The largest absolute Gasteiger partial charge is 0.342 e. The molecule has 14 heavy (non-hydrogen) atoms. The van der Waals surface area contributed by atoms with Crippen molar-refractivity contribution in [2.45, 2.75) is 19.4 Å². The lowest BCUT2D eigenvalue weighted by atomic mass is 10.2. The zero-order chi connectivity index (χ0) is 10.7. The first kappa shape index (κ1) is 11.0. The highest BCUT2D eigenvalue weighted by Gasteiger charge is 2.27. The second-order valence-corrected chi connectivity index (χ2v) is 3.59. The summed E-state index contributed by atoms with van der Waals surface area (Å²) in [4.78, 5) is 26.1. The van der Waals surface area contributed by atoms with E-state index < -0.39 is 6.04 Å². The van der Waals surface area contributed by atoms with Crippen LogP contribution in [0, 0.1) is 0 Å². The lowest BCUT2D eigenvalue weighted by molar-refractivity contribution is -0.144. The van der Waals surface area contributed by atoms with Gasteiger partial charge in [0, 0.05) is 20.1 Å². The Bertz CT molecular complexity index is 242. The van der Waals surface area contributed by atoms with Crippen molar-refractivity contribution in [2.75, 3.05) is 26.7 Å². The third kappa shape index (κ3) is 2.23. The van der Waals surface area contributed by atoms with Crippen molar-refractivity contribution < 1.29 is 9.59 Å². The molecule has 1 aliphatic rings. The molecule has 5 nitrogen and oxygen atoms in total. The van der Waals surface area contributed by atoms with Crippen LogP contribution >= 0.6 is 0 Å². The maximum Gasteiger partial charge on any atom is 0.241 e. The van der Waals surface area contributed by atoms with Crippen molar-refractivity contribution >= 4 is 11.8 Å². The molecule has 2 amide bonds. The maximum atomic E-state index is 11.6. The van der Waals surface area contributed by atoms with Crippen LogP contribution in [-0.2, 0) is 9.59 Å². The van der Waals surface area contributed by atoms with Gasteiger partial charge in [-0.05, 0) is 6.42 Å². The van der Waals surface area contributed by atoms with Crippen molar-refractivity contribution in [2.24, 2.45) is 5.73 Å². The second kappa shape index (κ2) is 4.41. The first-order chi connectivity index (χ1) is 6.56. The van der Waals surface area contributed by atoms with Crippen molar-refractivity contribution in [3.8, 4) is 0 Å². The van der Waals surface area contributed by atoms with E-state index in [-0.39, 0.29) is 18.4 Å². The number of amides is 2. The number of carbonyl (C=O) groups is 2. The van der Waals surface area contributed by atoms with Gasteiger partial charge in [0.1, 0.15) is 0 Å². The van der Waals surface area contributed by atoms with E-state index in [0.717, 1.165) is 0 Å². The van der Waals surface area contributed by atoms with Crippen LogP contribution in [-0.4, -0.2) is 54.3 Å². The molecule has 0 radical (unpaired) electrons. The molecular formula is C9H17N3O2. The predicted octanol–water partition coefficient (Wildman–Crippen LogP) is -0.976. The standard InChI is InChI=1S/C9H17N3O2/c1-3-7(10)9(14)12-5-4-11(2)8(13)6-12/h7H,3-6,10H2,1-2H3. The van der Waals surface area contributed by atoms with Crippen LogP contribution in [0.1, 0.15) is 13.3 Å². The van der Waals surface area contributed by atoms with E-state index in [1.807, 2.05) is 6.92 Å². The first-order valence-corrected chi connectivity index (χ1v) is 4.84. The van der Waals surface area contributed by atoms with Gasteiger partial charge in [0.15, 0.2) is 0 Å². The number of carbonyl (C=O) groups excluding carboxylic acids is 2. The summed E-state index contributed by atoms with van der Waals surface area (Å²) < 4.78 is 0. The van der Waals surface area contributed by atoms with E-state index in [9.17, 15) is 9.59 Å². The second-order valence-electron chi connectivity index (χ2n) is 3.59. The molecule has 1 fully saturated rings. The Morgan fingerprint density at radius 2 is 2.21 bits per heavy atom. The lowest BCUT2D eigenvalue weighted by Gasteiger charge is -2.33. The molecule has 0 bridgehead atoms. The maximum absolute atomic E-state index is 11.6. The third-order valence-corrected chi connectivity index (χ3v) is 2.53. The van der Waals surface area contributed by atoms with Gasteiger partial charge >= 0.3 is 0 Å². The summed E-state index contributed by atoms with van der Waals surface area (Å²) in [6.07, 6.45) is 0.610. The minimum absolute atomic E-state index is 0.0205. The Kier molecular flexibility index (Phi) is 3.46. The molecule has 0 spiro atoms. The molecule has 0 aliphatic carbocycles. The van der Waals surface area contributed by atoms with Gasteiger partial charge in [-0.15, -0.1) is 0 Å². The number of likely N-dealkylation sites (N-methyl/N-ethyl adjacent to an activating group) is 1. The summed E-state index contributed by atoms with van der Waals surface area (Å²) in [6.45, 7) is 3.22. The van der Waals surface area contributed by atoms with Gasteiger partial charge in [0.2, 0.25) is 11.8 Å². The summed E-state index contributed by atoms with van der Waals surface area (Å²) in [5.41, 5.74) is 5.61. The van der Waals surface area contributed by atoms with E-state index in [1.165, 1.54) is 4.90 Å². The van der Waals surface area contributed by atoms with Crippen LogP contribution in [0.3, 0.4) is 0 Å². The molecule has 0 aromatic rings. The van der Waals surface area contributed by atoms with E-state index in [0.29, 0.717) is 19.5 Å².